The molecule has 1 heterocycles. The van der Waals surface area contributed by atoms with Crippen molar-refractivity contribution in [2.45, 2.75) is 19.9 Å². The molecule has 1 unspecified atom stereocenters. The van der Waals surface area contributed by atoms with Crippen LogP contribution in [0.3, 0.4) is 0 Å². The van der Waals surface area contributed by atoms with Crippen molar-refractivity contribution in [1.82, 2.24) is 0 Å². The minimum atomic E-state index is -0.288. The first kappa shape index (κ1) is 17.3. The third-order valence-electron chi connectivity index (χ3n) is 5.10. The maximum atomic E-state index is 6.64. The average molecular weight is 353 g/mol. The first-order chi connectivity index (χ1) is 13.1. The molecule has 0 aliphatic rings. The first-order valence-corrected chi connectivity index (χ1v) is 9.16. The number of para-hydroxylation sites is 1. The summed E-state index contributed by atoms with van der Waals surface area (Å²) in [5.74, 6) is 0. The second-order valence-electron chi connectivity index (χ2n) is 6.99. The number of rotatable bonds is 4. The van der Waals surface area contributed by atoms with Gasteiger partial charge in [-0.1, -0.05) is 78.9 Å². The SMILES string of the molecule is C=C/C(=C\C(N)c1c(C)ccc2c1oc1ccccc12)c1ccc(C)cc1. The maximum Gasteiger partial charge on any atom is 0.140 e. The lowest BCUT2D eigenvalue weighted by Crippen LogP contribution is -2.10. The zero-order valence-electron chi connectivity index (χ0n) is 15.7. The van der Waals surface area contributed by atoms with E-state index in [2.05, 4.69) is 69.0 Å². The number of nitrogens with two attached hydrogens (primary N) is 1. The molecule has 0 saturated heterocycles. The molecule has 0 aliphatic carbocycles. The summed E-state index contributed by atoms with van der Waals surface area (Å²) in [4.78, 5) is 0. The second kappa shape index (κ2) is 6.90. The van der Waals surface area contributed by atoms with E-state index in [0.29, 0.717) is 0 Å². The number of furan rings is 1. The minimum absolute atomic E-state index is 0.288. The number of benzene rings is 3. The van der Waals surface area contributed by atoms with Gasteiger partial charge in [-0.25, -0.2) is 0 Å². The summed E-state index contributed by atoms with van der Waals surface area (Å²) < 4.78 is 6.19. The number of aryl methyl sites for hydroxylation is 2. The van der Waals surface area contributed by atoms with Gasteiger partial charge in [-0.2, -0.15) is 0 Å². The highest BCUT2D eigenvalue weighted by atomic mass is 16.3. The van der Waals surface area contributed by atoms with Crippen LogP contribution < -0.4 is 5.73 Å². The third kappa shape index (κ3) is 3.09. The van der Waals surface area contributed by atoms with Crippen molar-refractivity contribution in [2.75, 3.05) is 0 Å². The Bertz CT molecular complexity index is 1160. The highest BCUT2D eigenvalue weighted by Gasteiger charge is 2.17. The number of allylic oxidation sites excluding steroid dienone is 2. The second-order valence-corrected chi connectivity index (χ2v) is 6.99. The number of fused-ring (bicyclic) bond motifs is 3. The molecule has 134 valence electrons. The molecular weight excluding hydrogens is 330 g/mol. The lowest BCUT2D eigenvalue weighted by atomic mass is 9.95. The average Bonchev–Trinajstić information content (AvgIpc) is 3.05. The molecule has 4 rings (SSSR count). The van der Waals surface area contributed by atoms with E-state index >= 15 is 0 Å². The molecule has 4 aromatic rings. The molecular formula is C25H23NO. The van der Waals surface area contributed by atoms with E-state index < -0.39 is 0 Å². The smallest absolute Gasteiger partial charge is 0.140 e. The van der Waals surface area contributed by atoms with Gasteiger partial charge in [0.15, 0.2) is 0 Å². The maximum absolute atomic E-state index is 6.64. The van der Waals surface area contributed by atoms with E-state index in [9.17, 15) is 0 Å². The van der Waals surface area contributed by atoms with Gasteiger partial charge in [0, 0.05) is 16.3 Å². The zero-order valence-corrected chi connectivity index (χ0v) is 15.7. The number of hydrogen-bond acceptors (Lipinski definition) is 2. The molecule has 1 atom stereocenters. The van der Waals surface area contributed by atoms with E-state index in [1.54, 1.807) is 0 Å². The molecule has 1 aromatic heterocycles. The summed E-state index contributed by atoms with van der Waals surface area (Å²) >= 11 is 0. The Labute approximate surface area is 159 Å². The first-order valence-electron chi connectivity index (χ1n) is 9.16. The van der Waals surface area contributed by atoms with Gasteiger partial charge < -0.3 is 10.2 Å². The van der Waals surface area contributed by atoms with E-state index in [-0.39, 0.29) is 6.04 Å². The fraction of sp³-hybridized carbons (Fsp3) is 0.120. The molecule has 27 heavy (non-hydrogen) atoms. The fourth-order valence-electron chi connectivity index (χ4n) is 3.63. The van der Waals surface area contributed by atoms with Crippen molar-refractivity contribution in [3.63, 3.8) is 0 Å². The normalized spacial score (nSPS) is 13.2. The van der Waals surface area contributed by atoms with Crippen LogP contribution in [0.25, 0.3) is 27.5 Å². The van der Waals surface area contributed by atoms with Gasteiger partial charge in [0.25, 0.3) is 0 Å². The van der Waals surface area contributed by atoms with Crippen molar-refractivity contribution in [2.24, 2.45) is 5.73 Å². The van der Waals surface area contributed by atoms with E-state index in [0.717, 1.165) is 44.2 Å². The standard InChI is InChI=1S/C25H23NO/c1-4-18(19-12-9-16(2)10-13-19)15-22(26)24-17(3)11-14-21-20-7-5-6-8-23(20)27-25(21)24/h4-15,22H,1,26H2,2-3H3/b18-15+. The Hall–Kier alpha value is -3.10. The van der Waals surface area contributed by atoms with Crippen LogP contribution in [0.4, 0.5) is 0 Å². The van der Waals surface area contributed by atoms with Gasteiger partial charge in [0.2, 0.25) is 0 Å². The highest BCUT2D eigenvalue weighted by Crippen LogP contribution is 2.35. The zero-order chi connectivity index (χ0) is 19.0. The molecule has 2 N–H and O–H groups in total. The van der Waals surface area contributed by atoms with Gasteiger partial charge >= 0.3 is 0 Å². The fourth-order valence-corrected chi connectivity index (χ4v) is 3.63. The molecule has 0 amide bonds. The van der Waals surface area contributed by atoms with Crippen molar-refractivity contribution < 1.29 is 4.42 Å². The van der Waals surface area contributed by atoms with Crippen molar-refractivity contribution in [3.05, 3.63) is 102 Å². The Morgan fingerprint density at radius 3 is 2.44 bits per heavy atom. The molecule has 2 heteroatoms. The molecule has 0 radical (unpaired) electrons. The van der Waals surface area contributed by atoms with Crippen LogP contribution in [-0.2, 0) is 0 Å². The van der Waals surface area contributed by atoms with Gasteiger partial charge in [-0.05, 0) is 36.6 Å². The van der Waals surface area contributed by atoms with Crippen LogP contribution >= 0.6 is 0 Å². The van der Waals surface area contributed by atoms with Gasteiger partial charge in [-0.15, -0.1) is 0 Å². The summed E-state index contributed by atoms with van der Waals surface area (Å²) in [7, 11) is 0. The Balaban J connectivity index is 1.86. The Morgan fingerprint density at radius 2 is 1.70 bits per heavy atom. The van der Waals surface area contributed by atoms with Gasteiger partial charge in [0.05, 0.1) is 6.04 Å². The Kier molecular flexibility index (Phi) is 4.43. The predicted octanol–water partition coefficient (Wildman–Crippen LogP) is 6.47. The van der Waals surface area contributed by atoms with Gasteiger partial charge in [0.1, 0.15) is 11.2 Å². The summed E-state index contributed by atoms with van der Waals surface area (Å²) in [6.45, 7) is 8.14. The highest BCUT2D eigenvalue weighted by molar-refractivity contribution is 6.06. The van der Waals surface area contributed by atoms with E-state index in [4.69, 9.17) is 10.2 Å². The van der Waals surface area contributed by atoms with Crippen molar-refractivity contribution in [1.29, 1.82) is 0 Å². The molecule has 0 saturated carbocycles. The quantitative estimate of drug-likeness (QED) is 0.427. The molecule has 0 aliphatic heterocycles. The summed E-state index contributed by atoms with van der Waals surface area (Å²) in [6.07, 6.45) is 3.92. The molecule has 2 nitrogen and oxygen atoms in total. The minimum Gasteiger partial charge on any atom is -0.456 e. The predicted molar refractivity (Wildman–Crippen MR) is 115 cm³/mol. The van der Waals surface area contributed by atoms with Crippen molar-refractivity contribution in [3.8, 4) is 0 Å². The number of hydrogen-bond donors (Lipinski definition) is 1. The lowest BCUT2D eigenvalue weighted by Gasteiger charge is -2.14. The Morgan fingerprint density at radius 1 is 0.963 bits per heavy atom. The largest absolute Gasteiger partial charge is 0.456 e. The van der Waals surface area contributed by atoms with E-state index in [1.165, 1.54) is 5.56 Å². The summed E-state index contributed by atoms with van der Waals surface area (Å²) in [5, 5.41) is 2.22. The van der Waals surface area contributed by atoms with Crippen LogP contribution in [0.2, 0.25) is 0 Å². The van der Waals surface area contributed by atoms with Crippen LogP contribution in [0, 0.1) is 13.8 Å². The topological polar surface area (TPSA) is 39.2 Å². The van der Waals surface area contributed by atoms with E-state index in [1.807, 2.05) is 24.3 Å². The monoisotopic (exact) mass is 353 g/mol. The summed E-state index contributed by atoms with van der Waals surface area (Å²) in [6, 6.07) is 20.5. The lowest BCUT2D eigenvalue weighted by molar-refractivity contribution is 0.658. The van der Waals surface area contributed by atoms with Crippen LogP contribution in [0.1, 0.15) is 28.3 Å². The van der Waals surface area contributed by atoms with Crippen LogP contribution in [0.5, 0.6) is 0 Å². The van der Waals surface area contributed by atoms with Gasteiger partial charge in [-0.3, -0.25) is 0 Å². The molecule has 0 spiro atoms. The van der Waals surface area contributed by atoms with Crippen LogP contribution in [-0.4, -0.2) is 0 Å². The third-order valence-corrected chi connectivity index (χ3v) is 5.10. The summed E-state index contributed by atoms with van der Waals surface area (Å²) in [5.41, 5.74) is 13.9. The molecule has 3 aromatic carbocycles. The molecule has 0 fully saturated rings. The van der Waals surface area contributed by atoms with Crippen molar-refractivity contribution >= 4 is 27.5 Å². The molecule has 0 bridgehead atoms. The van der Waals surface area contributed by atoms with Crippen LogP contribution in [0.15, 0.2) is 83.8 Å².